The average molecular weight is 193 g/mol. The Morgan fingerprint density at radius 3 is 2.86 bits per heavy atom. The molecule has 0 bridgehead atoms. The highest BCUT2D eigenvalue weighted by atomic mass is 19.1. The lowest BCUT2D eigenvalue weighted by Crippen LogP contribution is -2.16. The van der Waals surface area contributed by atoms with E-state index < -0.39 is 5.82 Å². The number of rotatable bonds is 0. The molecule has 0 amide bonds. The van der Waals surface area contributed by atoms with E-state index in [0.29, 0.717) is 6.42 Å². The largest absolute Gasteiger partial charge is 0.396 e. The van der Waals surface area contributed by atoms with Gasteiger partial charge in [-0.15, -0.1) is 0 Å². The molecule has 0 saturated carbocycles. The lowest BCUT2D eigenvalue weighted by molar-refractivity contribution is 0.0968. The van der Waals surface area contributed by atoms with E-state index in [1.54, 1.807) is 6.07 Å². The molecule has 14 heavy (non-hydrogen) atoms. The zero-order valence-corrected chi connectivity index (χ0v) is 8.06. The van der Waals surface area contributed by atoms with E-state index in [1.807, 2.05) is 6.92 Å². The second kappa shape index (κ2) is 3.08. The molecule has 0 unspecified atom stereocenters. The van der Waals surface area contributed by atoms with Crippen LogP contribution in [-0.4, -0.2) is 5.78 Å². The fraction of sp³-hybridized carbons (Fsp3) is 0.364. The molecule has 0 aromatic heterocycles. The van der Waals surface area contributed by atoms with E-state index in [2.05, 4.69) is 0 Å². The summed E-state index contributed by atoms with van der Waals surface area (Å²) in [5.74, 6) is -0.644. The maximum atomic E-state index is 13.6. The second-order valence-electron chi connectivity index (χ2n) is 3.73. The number of carbonyl (C=O) groups is 1. The highest BCUT2D eigenvalue weighted by Crippen LogP contribution is 2.29. The molecule has 0 saturated heterocycles. The number of fused-ring (bicyclic) bond motifs is 1. The number of hydrogen-bond acceptors (Lipinski definition) is 2. The number of aryl methyl sites for hydroxylation is 1. The van der Waals surface area contributed by atoms with Crippen LogP contribution in [0.3, 0.4) is 0 Å². The Hall–Kier alpha value is -1.38. The zero-order valence-electron chi connectivity index (χ0n) is 8.06. The molecule has 74 valence electrons. The third-order valence-corrected chi connectivity index (χ3v) is 2.73. The minimum absolute atomic E-state index is 0.0801. The molecule has 2 nitrogen and oxygen atoms in total. The van der Waals surface area contributed by atoms with Gasteiger partial charge in [0.05, 0.1) is 11.3 Å². The van der Waals surface area contributed by atoms with Gasteiger partial charge >= 0.3 is 0 Å². The number of anilines is 1. The van der Waals surface area contributed by atoms with Crippen molar-refractivity contribution in [2.45, 2.75) is 26.2 Å². The van der Waals surface area contributed by atoms with Crippen molar-refractivity contribution < 1.29 is 9.18 Å². The first-order chi connectivity index (χ1) is 6.61. The van der Waals surface area contributed by atoms with E-state index >= 15 is 0 Å². The van der Waals surface area contributed by atoms with Gasteiger partial charge in [-0.1, -0.05) is 0 Å². The Morgan fingerprint density at radius 1 is 1.43 bits per heavy atom. The van der Waals surface area contributed by atoms with Crippen LogP contribution in [0.4, 0.5) is 10.1 Å². The summed E-state index contributed by atoms with van der Waals surface area (Å²) in [5, 5.41) is 0. The van der Waals surface area contributed by atoms with Crippen LogP contribution in [0.25, 0.3) is 0 Å². The van der Waals surface area contributed by atoms with Crippen LogP contribution in [0.5, 0.6) is 0 Å². The summed E-state index contributed by atoms with van der Waals surface area (Å²) in [6, 6.07) is 1.60. The fourth-order valence-corrected chi connectivity index (χ4v) is 2.02. The highest BCUT2D eigenvalue weighted by Gasteiger charge is 2.24. The number of hydrogen-bond donors (Lipinski definition) is 1. The molecule has 3 heteroatoms. The summed E-state index contributed by atoms with van der Waals surface area (Å²) in [6.45, 7) is 1.87. The molecular weight excluding hydrogens is 181 g/mol. The van der Waals surface area contributed by atoms with Crippen LogP contribution in [0.15, 0.2) is 6.07 Å². The fourth-order valence-electron chi connectivity index (χ4n) is 2.02. The molecule has 1 aliphatic rings. The van der Waals surface area contributed by atoms with E-state index in [4.69, 9.17) is 5.73 Å². The number of ketones is 1. The molecule has 2 rings (SSSR count). The molecule has 1 aromatic rings. The Kier molecular flexibility index (Phi) is 2.02. The van der Waals surface area contributed by atoms with Crippen LogP contribution < -0.4 is 5.73 Å². The molecular formula is C11H12FNO. The maximum absolute atomic E-state index is 13.6. The number of nitrogen functional groups attached to an aromatic ring is 1. The van der Waals surface area contributed by atoms with Gasteiger partial charge in [0.15, 0.2) is 11.6 Å². The van der Waals surface area contributed by atoms with Crippen molar-refractivity contribution in [3.05, 3.63) is 28.6 Å². The Bertz CT molecular complexity index is 412. The van der Waals surface area contributed by atoms with Crippen LogP contribution >= 0.6 is 0 Å². The van der Waals surface area contributed by atoms with Gasteiger partial charge in [0.2, 0.25) is 0 Å². The highest BCUT2D eigenvalue weighted by molar-refractivity contribution is 6.00. The molecule has 0 radical (unpaired) electrons. The first kappa shape index (κ1) is 9.19. The monoisotopic (exact) mass is 193 g/mol. The van der Waals surface area contributed by atoms with E-state index in [-0.39, 0.29) is 17.0 Å². The van der Waals surface area contributed by atoms with E-state index in [9.17, 15) is 9.18 Å². The van der Waals surface area contributed by atoms with Gasteiger partial charge < -0.3 is 5.73 Å². The maximum Gasteiger partial charge on any atom is 0.166 e. The first-order valence-electron chi connectivity index (χ1n) is 4.72. The van der Waals surface area contributed by atoms with Crippen molar-refractivity contribution >= 4 is 11.5 Å². The van der Waals surface area contributed by atoms with Crippen molar-refractivity contribution in [3.63, 3.8) is 0 Å². The van der Waals surface area contributed by atoms with Gasteiger partial charge in [-0.2, -0.15) is 0 Å². The van der Waals surface area contributed by atoms with Gasteiger partial charge in [0, 0.05) is 6.42 Å². The van der Waals surface area contributed by atoms with Crippen LogP contribution in [0.1, 0.15) is 34.3 Å². The lowest BCUT2D eigenvalue weighted by atomic mass is 9.87. The standard InChI is InChI=1S/C11H12FNO/c1-6-5-8(13)11(12)10-7(6)3-2-4-9(10)14/h5H,2-4,13H2,1H3. The quantitative estimate of drug-likeness (QED) is 0.642. The Morgan fingerprint density at radius 2 is 2.14 bits per heavy atom. The van der Waals surface area contributed by atoms with Crippen molar-refractivity contribution in [1.82, 2.24) is 0 Å². The van der Waals surface area contributed by atoms with Gasteiger partial charge in [-0.25, -0.2) is 4.39 Å². The minimum Gasteiger partial charge on any atom is -0.396 e. The number of nitrogens with two attached hydrogens (primary N) is 1. The van der Waals surface area contributed by atoms with Crippen molar-refractivity contribution in [3.8, 4) is 0 Å². The van der Waals surface area contributed by atoms with Crippen LogP contribution in [0, 0.1) is 12.7 Å². The topological polar surface area (TPSA) is 43.1 Å². The molecule has 0 aliphatic heterocycles. The molecule has 0 heterocycles. The smallest absolute Gasteiger partial charge is 0.166 e. The summed E-state index contributed by atoms with van der Waals surface area (Å²) < 4.78 is 13.6. The van der Waals surface area contributed by atoms with E-state index in [1.165, 1.54) is 0 Å². The lowest BCUT2D eigenvalue weighted by Gasteiger charge is -2.18. The predicted molar refractivity (Wildman–Crippen MR) is 52.8 cm³/mol. The number of carbonyl (C=O) groups excluding carboxylic acids is 1. The summed E-state index contributed by atoms with van der Waals surface area (Å²) >= 11 is 0. The normalized spacial score (nSPS) is 15.4. The summed E-state index contributed by atoms with van der Waals surface area (Å²) in [4.78, 5) is 11.5. The molecule has 0 spiro atoms. The molecule has 0 fully saturated rings. The number of halogens is 1. The number of Topliss-reactive ketones (excluding diaryl/α,β-unsaturated/α-hetero) is 1. The minimum atomic E-state index is -0.532. The summed E-state index contributed by atoms with van der Waals surface area (Å²) in [7, 11) is 0. The van der Waals surface area contributed by atoms with E-state index in [0.717, 1.165) is 24.0 Å². The molecule has 1 aliphatic carbocycles. The third kappa shape index (κ3) is 1.20. The molecule has 0 atom stereocenters. The number of benzene rings is 1. The van der Waals surface area contributed by atoms with Crippen molar-refractivity contribution in [1.29, 1.82) is 0 Å². The van der Waals surface area contributed by atoms with Gasteiger partial charge in [0.1, 0.15) is 0 Å². The molecule has 2 N–H and O–H groups in total. The first-order valence-corrected chi connectivity index (χ1v) is 4.72. The Balaban J connectivity index is 2.73. The third-order valence-electron chi connectivity index (χ3n) is 2.73. The van der Waals surface area contributed by atoms with Crippen LogP contribution in [0.2, 0.25) is 0 Å². The SMILES string of the molecule is Cc1cc(N)c(F)c2c1CCCC2=O. The van der Waals surface area contributed by atoms with Gasteiger partial charge in [-0.05, 0) is 37.0 Å². The summed E-state index contributed by atoms with van der Waals surface area (Å²) in [6.07, 6.45) is 2.03. The zero-order chi connectivity index (χ0) is 10.3. The van der Waals surface area contributed by atoms with Crippen molar-refractivity contribution in [2.24, 2.45) is 0 Å². The van der Waals surface area contributed by atoms with Crippen molar-refractivity contribution in [2.75, 3.05) is 5.73 Å². The predicted octanol–water partition coefficient (Wildman–Crippen LogP) is 2.24. The second-order valence-corrected chi connectivity index (χ2v) is 3.73. The summed E-state index contributed by atoms with van der Waals surface area (Å²) in [5.41, 5.74) is 7.55. The molecule has 1 aromatic carbocycles. The van der Waals surface area contributed by atoms with Gasteiger partial charge in [0.25, 0.3) is 0 Å². The Labute approximate surface area is 81.9 Å². The average Bonchev–Trinajstić information content (AvgIpc) is 2.14. The van der Waals surface area contributed by atoms with Crippen LogP contribution in [-0.2, 0) is 6.42 Å². The van der Waals surface area contributed by atoms with Gasteiger partial charge in [-0.3, -0.25) is 4.79 Å².